The summed E-state index contributed by atoms with van der Waals surface area (Å²) in [6.45, 7) is 0.878. The van der Waals surface area contributed by atoms with Crippen molar-refractivity contribution in [2.75, 3.05) is 12.4 Å². The fourth-order valence-corrected chi connectivity index (χ4v) is 3.72. The lowest BCUT2D eigenvalue weighted by Crippen LogP contribution is -2.14. The Morgan fingerprint density at radius 3 is 3.06 bits per heavy atom. The van der Waals surface area contributed by atoms with Crippen molar-refractivity contribution in [1.29, 1.82) is 5.41 Å². The minimum atomic E-state index is 0.104. The Labute approximate surface area is 114 Å². The smallest absolute Gasteiger partial charge is 0.125 e. The molecular formula is C12H15BrN2OS. The van der Waals surface area contributed by atoms with E-state index in [0.717, 1.165) is 40.1 Å². The van der Waals surface area contributed by atoms with E-state index < -0.39 is 0 Å². The van der Waals surface area contributed by atoms with Gasteiger partial charge in [0.1, 0.15) is 5.84 Å². The third-order valence-electron chi connectivity index (χ3n) is 2.69. The van der Waals surface area contributed by atoms with Gasteiger partial charge in [-0.05, 0) is 40.9 Å². The average Bonchev–Trinajstić information content (AvgIpc) is 2.78. The quantitative estimate of drug-likeness (QED) is 0.510. The molecule has 92 valence electrons. The summed E-state index contributed by atoms with van der Waals surface area (Å²) in [5.41, 5.74) is 6.40. The number of amidine groups is 1. The molecule has 0 amide bonds. The number of benzene rings is 1. The van der Waals surface area contributed by atoms with Crippen molar-refractivity contribution in [3.8, 4) is 0 Å². The van der Waals surface area contributed by atoms with Crippen molar-refractivity contribution in [3.63, 3.8) is 0 Å². The molecule has 0 radical (unpaired) electrons. The standard InChI is InChI=1S/C12H15BrN2OS/c13-9-4-1-5-10(11(9)12(14)15)17-7-8-3-2-6-16-8/h1,4-5,8H,2-3,6-7H2,(H3,14,15). The summed E-state index contributed by atoms with van der Waals surface area (Å²) in [5.74, 6) is 1.03. The van der Waals surface area contributed by atoms with E-state index in [1.165, 1.54) is 0 Å². The summed E-state index contributed by atoms with van der Waals surface area (Å²) in [4.78, 5) is 1.04. The number of nitrogen functional groups attached to an aromatic ring is 1. The summed E-state index contributed by atoms with van der Waals surface area (Å²) in [5, 5.41) is 7.61. The molecule has 0 bridgehead atoms. The summed E-state index contributed by atoms with van der Waals surface area (Å²) in [6.07, 6.45) is 2.64. The maximum atomic E-state index is 7.61. The van der Waals surface area contributed by atoms with Crippen LogP contribution in [0, 0.1) is 5.41 Å². The average molecular weight is 315 g/mol. The van der Waals surface area contributed by atoms with Crippen molar-refractivity contribution in [3.05, 3.63) is 28.2 Å². The Hall–Kier alpha value is -0.520. The SMILES string of the molecule is N=C(N)c1c(Br)cccc1SCC1CCCO1. The van der Waals surface area contributed by atoms with Gasteiger partial charge >= 0.3 is 0 Å². The zero-order valence-corrected chi connectivity index (χ0v) is 11.8. The minimum Gasteiger partial charge on any atom is -0.384 e. The molecule has 1 atom stereocenters. The van der Waals surface area contributed by atoms with Crippen molar-refractivity contribution in [2.45, 2.75) is 23.8 Å². The van der Waals surface area contributed by atoms with Crippen LogP contribution in [-0.4, -0.2) is 24.3 Å². The summed E-state index contributed by atoms with van der Waals surface area (Å²) in [7, 11) is 0. The summed E-state index contributed by atoms with van der Waals surface area (Å²) < 4.78 is 6.46. The Kier molecular flexibility index (Phi) is 4.48. The highest BCUT2D eigenvalue weighted by atomic mass is 79.9. The number of halogens is 1. The molecule has 1 heterocycles. The zero-order valence-electron chi connectivity index (χ0n) is 9.41. The van der Waals surface area contributed by atoms with Crippen molar-refractivity contribution in [1.82, 2.24) is 0 Å². The number of nitrogens with two attached hydrogens (primary N) is 1. The molecule has 1 fully saturated rings. The highest BCUT2D eigenvalue weighted by Crippen LogP contribution is 2.30. The topological polar surface area (TPSA) is 59.1 Å². The first-order valence-corrected chi connectivity index (χ1v) is 7.33. The van der Waals surface area contributed by atoms with Crippen LogP contribution in [-0.2, 0) is 4.74 Å². The van der Waals surface area contributed by atoms with E-state index in [0.29, 0.717) is 6.10 Å². The van der Waals surface area contributed by atoms with Crippen LogP contribution in [0.5, 0.6) is 0 Å². The molecule has 0 aromatic heterocycles. The van der Waals surface area contributed by atoms with Gasteiger partial charge in [0.15, 0.2) is 0 Å². The van der Waals surface area contributed by atoms with Gasteiger partial charge in [0, 0.05) is 27.3 Å². The Morgan fingerprint density at radius 2 is 2.41 bits per heavy atom. The lowest BCUT2D eigenvalue weighted by Gasteiger charge is -2.12. The van der Waals surface area contributed by atoms with Gasteiger partial charge in [-0.1, -0.05) is 6.07 Å². The molecule has 5 heteroatoms. The van der Waals surface area contributed by atoms with Gasteiger partial charge in [-0.2, -0.15) is 0 Å². The normalized spacial score (nSPS) is 19.5. The molecule has 1 unspecified atom stereocenters. The van der Waals surface area contributed by atoms with Crippen LogP contribution in [0.15, 0.2) is 27.6 Å². The van der Waals surface area contributed by atoms with Gasteiger partial charge in [0.2, 0.25) is 0 Å². The van der Waals surface area contributed by atoms with Crippen molar-refractivity contribution < 1.29 is 4.74 Å². The van der Waals surface area contributed by atoms with Crippen LogP contribution >= 0.6 is 27.7 Å². The monoisotopic (exact) mass is 314 g/mol. The second-order valence-corrected chi connectivity index (χ2v) is 5.89. The number of ether oxygens (including phenoxy) is 1. The maximum Gasteiger partial charge on any atom is 0.125 e. The first-order valence-electron chi connectivity index (χ1n) is 5.56. The zero-order chi connectivity index (χ0) is 12.3. The van der Waals surface area contributed by atoms with Crippen LogP contribution in [0.4, 0.5) is 0 Å². The fraction of sp³-hybridized carbons (Fsp3) is 0.417. The van der Waals surface area contributed by atoms with Crippen LogP contribution in [0.3, 0.4) is 0 Å². The third kappa shape index (κ3) is 3.24. The molecular weight excluding hydrogens is 300 g/mol. The second kappa shape index (κ2) is 5.89. The van der Waals surface area contributed by atoms with E-state index in [2.05, 4.69) is 15.9 Å². The molecule has 17 heavy (non-hydrogen) atoms. The van der Waals surface area contributed by atoms with Gasteiger partial charge in [-0.25, -0.2) is 0 Å². The number of hydrogen-bond acceptors (Lipinski definition) is 3. The third-order valence-corrected chi connectivity index (χ3v) is 4.54. The van der Waals surface area contributed by atoms with Gasteiger partial charge < -0.3 is 10.5 Å². The first kappa shape index (κ1) is 12.9. The summed E-state index contributed by atoms with van der Waals surface area (Å²) in [6, 6.07) is 5.88. The lowest BCUT2D eigenvalue weighted by molar-refractivity contribution is 0.129. The van der Waals surface area contributed by atoms with Crippen LogP contribution < -0.4 is 5.73 Å². The lowest BCUT2D eigenvalue weighted by atomic mass is 10.2. The first-order chi connectivity index (χ1) is 8.18. The number of hydrogen-bond donors (Lipinski definition) is 2. The molecule has 0 aliphatic carbocycles. The predicted molar refractivity (Wildman–Crippen MR) is 74.9 cm³/mol. The molecule has 1 aliphatic heterocycles. The molecule has 3 nitrogen and oxygen atoms in total. The number of nitrogens with one attached hydrogen (secondary N) is 1. The number of rotatable bonds is 4. The Bertz CT molecular complexity index is 419. The van der Waals surface area contributed by atoms with Crippen molar-refractivity contribution >= 4 is 33.5 Å². The van der Waals surface area contributed by atoms with Gasteiger partial charge in [-0.15, -0.1) is 11.8 Å². The Balaban J connectivity index is 2.09. The molecule has 0 spiro atoms. The van der Waals surface area contributed by atoms with E-state index >= 15 is 0 Å². The van der Waals surface area contributed by atoms with Gasteiger partial charge in [0.05, 0.1) is 6.10 Å². The molecule has 2 rings (SSSR count). The molecule has 1 aromatic carbocycles. The van der Waals surface area contributed by atoms with E-state index in [9.17, 15) is 0 Å². The summed E-state index contributed by atoms with van der Waals surface area (Å²) >= 11 is 5.15. The van der Waals surface area contributed by atoms with Crippen molar-refractivity contribution in [2.24, 2.45) is 5.73 Å². The molecule has 0 saturated carbocycles. The van der Waals surface area contributed by atoms with Gasteiger partial charge in [-0.3, -0.25) is 5.41 Å². The van der Waals surface area contributed by atoms with E-state index in [4.69, 9.17) is 15.9 Å². The molecule has 1 aromatic rings. The molecule has 1 saturated heterocycles. The largest absolute Gasteiger partial charge is 0.384 e. The minimum absolute atomic E-state index is 0.104. The highest BCUT2D eigenvalue weighted by molar-refractivity contribution is 9.10. The van der Waals surface area contributed by atoms with E-state index in [-0.39, 0.29) is 5.84 Å². The van der Waals surface area contributed by atoms with Crippen LogP contribution in [0.25, 0.3) is 0 Å². The van der Waals surface area contributed by atoms with Gasteiger partial charge in [0.25, 0.3) is 0 Å². The fourth-order valence-electron chi connectivity index (χ4n) is 1.84. The highest BCUT2D eigenvalue weighted by Gasteiger charge is 2.17. The maximum absolute atomic E-state index is 7.61. The second-order valence-electron chi connectivity index (χ2n) is 3.97. The molecule has 3 N–H and O–H groups in total. The van der Waals surface area contributed by atoms with Crippen LogP contribution in [0.1, 0.15) is 18.4 Å². The van der Waals surface area contributed by atoms with E-state index in [1.54, 1.807) is 11.8 Å². The van der Waals surface area contributed by atoms with Crippen LogP contribution in [0.2, 0.25) is 0 Å². The molecule has 1 aliphatic rings. The Morgan fingerprint density at radius 1 is 1.59 bits per heavy atom. The van der Waals surface area contributed by atoms with E-state index in [1.807, 2.05) is 18.2 Å². The number of thioether (sulfide) groups is 1. The predicted octanol–water partition coefficient (Wildman–Crippen LogP) is 3.00.